The van der Waals surface area contributed by atoms with E-state index in [1.807, 2.05) is 30.3 Å². The van der Waals surface area contributed by atoms with Crippen LogP contribution in [0.4, 0.5) is 16.2 Å². The van der Waals surface area contributed by atoms with Crippen LogP contribution in [0.5, 0.6) is 5.75 Å². The number of urea groups is 1. The van der Waals surface area contributed by atoms with Crippen LogP contribution in [0.1, 0.15) is 18.4 Å². The molecule has 1 aliphatic rings. The zero-order valence-corrected chi connectivity index (χ0v) is 16.2. The molecule has 0 aromatic heterocycles. The Hall–Kier alpha value is -3.55. The molecule has 0 fully saturated rings. The number of methoxy groups -OCH3 is 1. The molecule has 152 valence electrons. The summed E-state index contributed by atoms with van der Waals surface area (Å²) in [6.45, 7) is 0.720. The lowest BCUT2D eigenvalue weighted by Gasteiger charge is -2.29. The lowest BCUT2D eigenvalue weighted by atomic mass is 10.2. The summed E-state index contributed by atoms with van der Waals surface area (Å²) in [5.74, 6) is 0.410. The van der Waals surface area contributed by atoms with Gasteiger partial charge in [-0.3, -0.25) is 14.5 Å². The van der Waals surface area contributed by atoms with Gasteiger partial charge in [0, 0.05) is 19.5 Å². The molecule has 2 aromatic carbocycles. The van der Waals surface area contributed by atoms with Crippen LogP contribution >= 0.6 is 0 Å². The quantitative estimate of drug-likeness (QED) is 0.625. The highest BCUT2D eigenvalue weighted by molar-refractivity contribution is 6.09. The number of hydrogen-bond donors (Lipinski definition) is 3. The van der Waals surface area contributed by atoms with Crippen molar-refractivity contribution in [2.24, 2.45) is 0 Å². The topological polar surface area (TPSA) is 99.8 Å². The van der Waals surface area contributed by atoms with Crippen molar-refractivity contribution >= 4 is 29.2 Å². The Kier molecular flexibility index (Phi) is 6.67. The van der Waals surface area contributed by atoms with Gasteiger partial charge in [0.15, 0.2) is 0 Å². The summed E-state index contributed by atoms with van der Waals surface area (Å²) >= 11 is 0. The van der Waals surface area contributed by atoms with Gasteiger partial charge in [-0.05, 0) is 36.2 Å². The number of fused-ring (bicyclic) bond motifs is 1. The van der Waals surface area contributed by atoms with Crippen LogP contribution < -0.4 is 25.6 Å². The van der Waals surface area contributed by atoms with Crippen molar-refractivity contribution in [1.29, 1.82) is 0 Å². The molecule has 0 atom stereocenters. The van der Waals surface area contributed by atoms with Crippen LogP contribution in [0.15, 0.2) is 48.5 Å². The summed E-state index contributed by atoms with van der Waals surface area (Å²) < 4.78 is 5.16. The number of carbonyl (C=O) groups excluding carboxylic acids is 3. The Bertz CT molecular complexity index is 900. The normalized spacial score (nSPS) is 12.6. The second-order valence-electron chi connectivity index (χ2n) is 6.62. The average molecular weight is 396 g/mol. The fourth-order valence-electron chi connectivity index (χ4n) is 3.03. The summed E-state index contributed by atoms with van der Waals surface area (Å²) in [6, 6.07) is 14.3. The minimum atomic E-state index is -0.357. The van der Waals surface area contributed by atoms with Crippen LogP contribution in [-0.2, 0) is 16.1 Å². The predicted octanol–water partition coefficient (Wildman–Crippen LogP) is 2.26. The van der Waals surface area contributed by atoms with Crippen LogP contribution in [0.2, 0.25) is 0 Å². The van der Waals surface area contributed by atoms with Crippen LogP contribution in [0, 0.1) is 0 Å². The molecule has 0 aliphatic carbocycles. The molecule has 0 saturated heterocycles. The highest BCUT2D eigenvalue weighted by Crippen LogP contribution is 2.28. The number of amides is 4. The maximum atomic E-state index is 12.4. The van der Waals surface area contributed by atoms with Crippen molar-refractivity contribution in [3.8, 4) is 5.75 Å². The van der Waals surface area contributed by atoms with E-state index in [-0.39, 0.29) is 24.4 Å². The number of nitrogens with zero attached hydrogens (tertiary/aromatic N) is 1. The van der Waals surface area contributed by atoms with Gasteiger partial charge in [-0.1, -0.05) is 24.3 Å². The molecular formula is C21H24N4O4. The molecule has 0 unspecified atom stereocenters. The Morgan fingerprint density at radius 1 is 1.14 bits per heavy atom. The fourth-order valence-corrected chi connectivity index (χ4v) is 3.03. The summed E-state index contributed by atoms with van der Waals surface area (Å²) in [4.78, 5) is 37.6. The average Bonchev–Trinajstić information content (AvgIpc) is 2.74. The van der Waals surface area contributed by atoms with Gasteiger partial charge in [0.05, 0.1) is 18.5 Å². The van der Waals surface area contributed by atoms with Crippen LogP contribution in [0.3, 0.4) is 0 Å². The van der Waals surface area contributed by atoms with E-state index >= 15 is 0 Å². The number of nitrogens with one attached hydrogen (secondary N) is 3. The third-order valence-corrected chi connectivity index (χ3v) is 4.50. The Labute approximate surface area is 169 Å². The largest absolute Gasteiger partial charge is 0.497 e. The molecule has 1 heterocycles. The van der Waals surface area contributed by atoms with E-state index in [1.165, 1.54) is 4.90 Å². The molecule has 1 aliphatic heterocycles. The number of hydrogen-bond acceptors (Lipinski definition) is 4. The second-order valence-corrected chi connectivity index (χ2v) is 6.62. The van der Waals surface area contributed by atoms with Crippen LogP contribution in [-0.4, -0.2) is 38.0 Å². The number of para-hydroxylation sites is 2. The molecule has 0 saturated carbocycles. The summed E-state index contributed by atoms with van der Waals surface area (Å²) in [5, 5.41) is 8.36. The highest BCUT2D eigenvalue weighted by atomic mass is 16.5. The Balaban J connectivity index is 1.40. The van der Waals surface area contributed by atoms with Gasteiger partial charge in [-0.25, -0.2) is 4.79 Å². The van der Waals surface area contributed by atoms with Gasteiger partial charge in [0.25, 0.3) is 0 Å². The van der Waals surface area contributed by atoms with Crippen molar-refractivity contribution < 1.29 is 19.1 Å². The van der Waals surface area contributed by atoms with Gasteiger partial charge < -0.3 is 20.7 Å². The first kappa shape index (κ1) is 20.2. The number of anilines is 2. The lowest BCUT2D eigenvalue weighted by Crippen LogP contribution is -2.47. The van der Waals surface area contributed by atoms with Crippen molar-refractivity contribution in [1.82, 2.24) is 10.6 Å². The van der Waals surface area contributed by atoms with E-state index in [0.717, 1.165) is 11.3 Å². The van der Waals surface area contributed by atoms with Crippen molar-refractivity contribution in [3.63, 3.8) is 0 Å². The SMILES string of the molecule is COc1cccc(CNC(=O)CCCNC(=O)N2CC(=O)Nc3ccccc32)c1. The lowest BCUT2D eigenvalue weighted by molar-refractivity contribution is -0.121. The molecule has 2 aromatic rings. The minimum absolute atomic E-state index is 0.0378. The summed E-state index contributed by atoms with van der Waals surface area (Å²) in [5.41, 5.74) is 2.21. The monoisotopic (exact) mass is 396 g/mol. The summed E-state index contributed by atoms with van der Waals surface area (Å²) in [6.07, 6.45) is 0.790. The molecule has 0 spiro atoms. The molecule has 0 bridgehead atoms. The maximum Gasteiger partial charge on any atom is 0.322 e. The smallest absolute Gasteiger partial charge is 0.322 e. The maximum absolute atomic E-state index is 12.4. The second kappa shape index (κ2) is 9.59. The molecule has 0 radical (unpaired) electrons. The zero-order valence-electron chi connectivity index (χ0n) is 16.2. The third kappa shape index (κ3) is 5.47. The number of rotatable bonds is 7. The molecule has 8 heteroatoms. The van der Waals surface area contributed by atoms with Gasteiger partial charge in [-0.2, -0.15) is 0 Å². The van der Waals surface area contributed by atoms with E-state index in [9.17, 15) is 14.4 Å². The van der Waals surface area contributed by atoms with E-state index in [0.29, 0.717) is 37.3 Å². The zero-order chi connectivity index (χ0) is 20.6. The molecule has 8 nitrogen and oxygen atoms in total. The first-order valence-corrected chi connectivity index (χ1v) is 9.40. The van der Waals surface area contributed by atoms with Gasteiger partial charge in [-0.15, -0.1) is 0 Å². The number of carbonyl (C=O) groups is 3. The molecule has 29 heavy (non-hydrogen) atoms. The van der Waals surface area contributed by atoms with E-state index in [4.69, 9.17) is 4.74 Å². The Morgan fingerprint density at radius 3 is 2.79 bits per heavy atom. The van der Waals surface area contributed by atoms with Crippen molar-refractivity contribution in [2.75, 3.05) is 30.4 Å². The molecule has 4 amide bonds. The standard InChI is InChI=1S/C21H24N4O4/c1-29-16-7-4-6-15(12-16)13-23-19(26)10-5-11-22-21(28)25-14-20(27)24-17-8-2-3-9-18(17)25/h2-4,6-9,12H,5,10-11,13-14H2,1H3,(H,22,28)(H,23,26)(H,24,27). The van der Waals surface area contributed by atoms with Crippen molar-refractivity contribution in [2.45, 2.75) is 19.4 Å². The Morgan fingerprint density at radius 2 is 1.97 bits per heavy atom. The first-order chi connectivity index (χ1) is 14.1. The third-order valence-electron chi connectivity index (χ3n) is 4.50. The summed E-state index contributed by atoms with van der Waals surface area (Å²) in [7, 11) is 1.60. The predicted molar refractivity (Wildman–Crippen MR) is 110 cm³/mol. The van der Waals surface area contributed by atoms with Gasteiger partial charge >= 0.3 is 6.03 Å². The van der Waals surface area contributed by atoms with E-state index in [1.54, 1.807) is 25.3 Å². The van der Waals surface area contributed by atoms with Crippen molar-refractivity contribution in [3.05, 3.63) is 54.1 Å². The molecule has 3 rings (SSSR count). The van der Waals surface area contributed by atoms with Gasteiger partial charge in [0.2, 0.25) is 11.8 Å². The number of benzene rings is 2. The van der Waals surface area contributed by atoms with E-state index in [2.05, 4.69) is 16.0 Å². The number of ether oxygens (including phenoxy) is 1. The van der Waals surface area contributed by atoms with Crippen LogP contribution in [0.25, 0.3) is 0 Å². The van der Waals surface area contributed by atoms with Gasteiger partial charge in [0.1, 0.15) is 12.3 Å². The van der Waals surface area contributed by atoms with E-state index < -0.39 is 0 Å². The fraction of sp³-hybridized carbons (Fsp3) is 0.286. The molecule has 3 N–H and O–H groups in total. The minimum Gasteiger partial charge on any atom is -0.497 e. The first-order valence-electron chi connectivity index (χ1n) is 9.40. The molecular weight excluding hydrogens is 372 g/mol. The highest BCUT2D eigenvalue weighted by Gasteiger charge is 2.26.